The minimum Gasteiger partial charge on any atom is -0.308 e. The predicted octanol–water partition coefficient (Wildman–Crippen LogP) is 3.04. The molecule has 0 aliphatic heterocycles. The van der Waals surface area contributed by atoms with Crippen LogP contribution in [-0.4, -0.2) is 25.5 Å². The molecule has 0 aliphatic rings. The van der Waals surface area contributed by atoms with Crippen molar-refractivity contribution in [1.82, 2.24) is 19.6 Å². The van der Waals surface area contributed by atoms with Crippen LogP contribution in [-0.2, 0) is 17.9 Å². The van der Waals surface area contributed by atoms with E-state index in [1.165, 1.54) is 0 Å². The van der Waals surface area contributed by atoms with E-state index >= 15 is 0 Å². The minimum atomic E-state index is -0.166. The molecule has 3 aromatic rings. The van der Waals surface area contributed by atoms with Crippen LogP contribution < -0.4 is 5.32 Å². The number of amides is 1. The van der Waals surface area contributed by atoms with Gasteiger partial charge in [0.1, 0.15) is 6.54 Å². The van der Waals surface area contributed by atoms with E-state index in [1.54, 1.807) is 10.9 Å². The number of aromatic nitrogens is 4. The molecule has 0 radical (unpaired) electrons. The van der Waals surface area contributed by atoms with Gasteiger partial charge in [-0.25, -0.2) is 0 Å². The molecule has 0 spiro atoms. The Morgan fingerprint density at radius 2 is 2.00 bits per heavy atom. The third-order valence-electron chi connectivity index (χ3n) is 3.61. The van der Waals surface area contributed by atoms with Crippen molar-refractivity contribution in [2.75, 3.05) is 5.32 Å². The van der Waals surface area contributed by atoms with E-state index in [4.69, 9.17) is 11.6 Å². The summed E-state index contributed by atoms with van der Waals surface area (Å²) in [6, 6.07) is 11.3. The van der Waals surface area contributed by atoms with E-state index in [0.29, 0.717) is 17.4 Å². The average molecular weight is 344 g/mol. The SMILES string of the molecule is Cc1ccn(CC(=O)Nc2cc(C)n(Cc3ccccc3Cl)n2)n1. The van der Waals surface area contributed by atoms with Crippen LogP contribution in [0.3, 0.4) is 0 Å². The van der Waals surface area contributed by atoms with Gasteiger partial charge in [0.2, 0.25) is 5.91 Å². The van der Waals surface area contributed by atoms with Crippen molar-refractivity contribution in [2.24, 2.45) is 0 Å². The first-order valence-electron chi connectivity index (χ1n) is 7.59. The van der Waals surface area contributed by atoms with Crippen LogP contribution >= 0.6 is 11.6 Å². The van der Waals surface area contributed by atoms with Crippen molar-refractivity contribution in [3.05, 3.63) is 64.6 Å². The van der Waals surface area contributed by atoms with Crippen molar-refractivity contribution < 1.29 is 4.79 Å². The summed E-state index contributed by atoms with van der Waals surface area (Å²) in [6.07, 6.45) is 1.77. The Balaban J connectivity index is 1.67. The molecule has 0 saturated heterocycles. The first-order chi connectivity index (χ1) is 11.5. The molecular weight excluding hydrogens is 326 g/mol. The standard InChI is InChI=1S/C17H18ClN5O/c1-12-7-8-22(20-12)11-17(24)19-16-9-13(2)23(21-16)10-14-5-3-4-6-15(14)18/h3-9H,10-11H2,1-2H3,(H,19,21,24). The summed E-state index contributed by atoms with van der Waals surface area (Å²) < 4.78 is 3.41. The fraction of sp³-hybridized carbons (Fsp3) is 0.235. The number of carbonyl (C=O) groups excluding carboxylic acids is 1. The van der Waals surface area contributed by atoms with Crippen molar-refractivity contribution in [3.63, 3.8) is 0 Å². The molecule has 0 bridgehead atoms. The summed E-state index contributed by atoms with van der Waals surface area (Å²) in [4.78, 5) is 12.1. The van der Waals surface area contributed by atoms with Gasteiger partial charge >= 0.3 is 0 Å². The molecule has 7 heteroatoms. The van der Waals surface area contributed by atoms with E-state index in [0.717, 1.165) is 17.0 Å². The van der Waals surface area contributed by atoms with Crippen LogP contribution in [0.15, 0.2) is 42.6 Å². The second-order valence-corrected chi connectivity index (χ2v) is 6.03. The second-order valence-electron chi connectivity index (χ2n) is 5.62. The Kier molecular flexibility index (Phi) is 4.66. The van der Waals surface area contributed by atoms with Gasteiger partial charge in [-0.3, -0.25) is 14.2 Å². The quantitative estimate of drug-likeness (QED) is 0.774. The molecule has 1 amide bonds. The number of benzene rings is 1. The fourth-order valence-corrected chi connectivity index (χ4v) is 2.60. The van der Waals surface area contributed by atoms with Crippen LogP contribution in [0.5, 0.6) is 0 Å². The van der Waals surface area contributed by atoms with Gasteiger partial charge in [-0.2, -0.15) is 10.2 Å². The predicted molar refractivity (Wildman–Crippen MR) is 93.1 cm³/mol. The third-order valence-corrected chi connectivity index (χ3v) is 3.97. The normalized spacial score (nSPS) is 10.8. The molecule has 0 saturated carbocycles. The Bertz CT molecular complexity index is 868. The lowest BCUT2D eigenvalue weighted by Crippen LogP contribution is -2.19. The summed E-state index contributed by atoms with van der Waals surface area (Å²) in [6.45, 7) is 4.54. The number of nitrogens with one attached hydrogen (secondary N) is 1. The van der Waals surface area contributed by atoms with Crippen LogP contribution in [0.2, 0.25) is 5.02 Å². The highest BCUT2D eigenvalue weighted by Gasteiger charge is 2.10. The fourth-order valence-electron chi connectivity index (χ4n) is 2.40. The van der Waals surface area contributed by atoms with Gasteiger partial charge in [-0.15, -0.1) is 0 Å². The zero-order valence-corrected chi connectivity index (χ0v) is 14.3. The third kappa shape index (κ3) is 3.83. The summed E-state index contributed by atoms with van der Waals surface area (Å²) >= 11 is 6.19. The number of carbonyl (C=O) groups is 1. The Hall–Kier alpha value is -2.60. The maximum atomic E-state index is 12.1. The van der Waals surface area contributed by atoms with Crippen molar-refractivity contribution >= 4 is 23.3 Å². The number of rotatable bonds is 5. The van der Waals surface area contributed by atoms with Crippen molar-refractivity contribution in [3.8, 4) is 0 Å². The Labute approximate surface area is 145 Å². The first kappa shape index (κ1) is 16.3. The molecule has 0 fully saturated rings. The molecule has 1 aromatic carbocycles. The number of hydrogen-bond donors (Lipinski definition) is 1. The molecular formula is C17H18ClN5O. The van der Waals surface area contributed by atoms with Gasteiger partial charge in [-0.1, -0.05) is 29.8 Å². The highest BCUT2D eigenvalue weighted by atomic mass is 35.5. The van der Waals surface area contributed by atoms with E-state index in [9.17, 15) is 4.79 Å². The van der Waals surface area contributed by atoms with Gasteiger partial charge in [0.05, 0.1) is 12.2 Å². The maximum absolute atomic E-state index is 12.1. The smallest absolute Gasteiger partial charge is 0.247 e. The molecule has 0 atom stereocenters. The molecule has 124 valence electrons. The lowest BCUT2D eigenvalue weighted by atomic mass is 10.2. The van der Waals surface area contributed by atoms with Crippen LogP contribution in [0.25, 0.3) is 0 Å². The summed E-state index contributed by atoms with van der Waals surface area (Å²) in [7, 11) is 0. The molecule has 2 aromatic heterocycles. The summed E-state index contributed by atoms with van der Waals surface area (Å²) in [5.41, 5.74) is 2.80. The Morgan fingerprint density at radius 3 is 2.71 bits per heavy atom. The second kappa shape index (κ2) is 6.88. The zero-order chi connectivity index (χ0) is 17.1. The molecule has 6 nitrogen and oxygen atoms in total. The number of nitrogens with zero attached hydrogens (tertiary/aromatic N) is 4. The summed E-state index contributed by atoms with van der Waals surface area (Å²) in [5, 5.41) is 12.1. The lowest BCUT2D eigenvalue weighted by molar-refractivity contribution is -0.116. The van der Waals surface area contributed by atoms with E-state index in [1.807, 2.05) is 54.9 Å². The van der Waals surface area contributed by atoms with Gasteiger partial charge in [0.25, 0.3) is 0 Å². The van der Waals surface area contributed by atoms with Crippen LogP contribution in [0.1, 0.15) is 17.0 Å². The van der Waals surface area contributed by atoms with Crippen molar-refractivity contribution in [2.45, 2.75) is 26.9 Å². The van der Waals surface area contributed by atoms with E-state index in [2.05, 4.69) is 15.5 Å². The number of anilines is 1. The van der Waals surface area contributed by atoms with Gasteiger partial charge in [-0.05, 0) is 31.5 Å². The van der Waals surface area contributed by atoms with Crippen LogP contribution in [0, 0.1) is 13.8 Å². The largest absolute Gasteiger partial charge is 0.308 e. The van der Waals surface area contributed by atoms with Crippen molar-refractivity contribution in [1.29, 1.82) is 0 Å². The topological polar surface area (TPSA) is 64.7 Å². The van der Waals surface area contributed by atoms with E-state index in [-0.39, 0.29) is 12.5 Å². The van der Waals surface area contributed by atoms with Gasteiger partial charge < -0.3 is 5.32 Å². The molecule has 0 unspecified atom stereocenters. The Morgan fingerprint density at radius 1 is 1.21 bits per heavy atom. The maximum Gasteiger partial charge on any atom is 0.247 e. The van der Waals surface area contributed by atoms with Crippen LogP contribution in [0.4, 0.5) is 5.82 Å². The molecule has 3 rings (SSSR count). The molecule has 1 N–H and O–H groups in total. The average Bonchev–Trinajstić information content (AvgIpc) is 3.07. The lowest BCUT2D eigenvalue weighted by Gasteiger charge is -2.06. The molecule has 0 aliphatic carbocycles. The number of aryl methyl sites for hydroxylation is 2. The highest BCUT2D eigenvalue weighted by Crippen LogP contribution is 2.18. The molecule has 24 heavy (non-hydrogen) atoms. The summed E-state index contributed by atoms with van der Waals surface area (Å²) in [5.74, 6) is 0.355. The van der Waals surface area contributed by atoms with Gasteiger partial charge in [0, 0.05) is 23.0 Å². The number of hydrogen-bond acceptors (Lipinski definition) is 3. The highest BCUT2D eigenvalue weighted by molar-refractivity contribution is 6.31. The molecule has 2 heterocycles. The monoisotopic (exact) mass is 343 g/mol. The van der Waals surface area contributed by atoms with E-state index < -0.39 is 0 Å². The number of halogens is 1. The first-order valence-corrected chi connectivity index (χ1v) is 7.97. The minimum absolute atomic E-state index is 0.157. The zero-order valence-electron chi connectivity index (χ0n) is 13.5. The van der Waals surface area contributed by atoms with Gasteiger partial charge in [0.15, 0.2) is 5.82 Å².